The Morgan fingerprint density at radius 3 is 2.74 bits per heavy atom. The number of nitrogens with one attached hydrogen (secondary N) is 1. The van der Waals surface area contributed by atoms with Crippen molar-refractivity contribution in [2.45, 2.75) is 13.3 Å². The zero-order valence-corrected chi connectivity index (χ0v) is 10.6. The molecule has 0 aliphatic carbocycles. The standard InChI is InChI=1S/C14H15N3O2/c1-2-13-10-12(8-9-17(13)19)16-14(18)15-11-6-4-3-5-7-11/h3-10,19H,2H2,1H3,(H,15,18)/b16-12+. The van der Waals surface area contributed by atoms with Gasteiger partial charge < -0.3 is 10.5 Å². The summed E-state index contributed by atoms with van der Waals surface area (Å²) in [6.07, 6.45) is 2.12. The maximum atomic E-state index is 11.7. The van der Waals surface area contributed by atoms with Crippen LogP contribution in [0.2, 0.25) is 0 Å². The zero-order valence-electron chi connectivity index (χ0n) is 10.6. The highest BCUT2D eigenvalue weighted by Gasteiger charge is 2.00. The van der Waals surface area contributed by atoms with Gasteiger partial charge in [-0.05, 0) is 30.7 Å². The van der Waals surface area contributed by atoms with Crippen LogP contribution in [0.4, 0.5) is 10.5 Å². The summed E-state index contributed by atoms with van der Waals surface area (Å²) in [5, 5.41) is 12.7. The minimum absolute atomic E-state index is 0.441. The molecule has 2 amide bonds. The number of carbonyl (C=O) groups excluding carboxylic acids is 1. The molecular formula is C14H15N3O2. The Morgan fingerprint density at radius 1 is 1.32 bits per heavy atom. The second-order valence-electron chi connectivity index (χ2n) is 3.98. The fourth-order valence-corrected chi connectivity index (χ4v) is 1.65. The number of aryl methyl sites for hydroxylation is 1. The van der Waals surface area contributed by atoms with Gasteiger partial charge in [0.15, 0.2) is 0 Å². The maximum absolute atomic E-state index is 11.7. The summed E-state index contributed by atoms with van der Waals surface area (Å²) in [5.41, 5.74) is 1.38. The van der Waals surface area contributed by atoms with Gasteiger partial charge in [-0.15, -0.1) is 0 Å². The van der Waals surface area contributed by atoms with E-state index in [1.54, 1.807) is 24.3 Å². The number of hydrogen-bond donors (Lipinski definition) is 2. The van der Waals surface area contributed by atoms with Crippen LogP contribution in [0.3, 0.4) is 0 Å². The van der Waals surface area contributed by atoms with E-state index < -0.39 is 6.03 Å². The molecule has 0 atom stereocenters. The highest BCUT2D eigenvalue weighted by molar-refractivity contribution is 5.89. The number of urea groups is 1. The van der Waals surface area contributed by atoms with Gasteiger partial charge in [0, 0.05) is 11.9 Å². The first kappa shape index (κ1) is 12.9. The second kappa shape index (κ2) is 5.86. The molecule has 1 aromatic heterocycles. The minimum atomic E-state index is -0.441. The van der Waals surface area contributed by atoms with Gasteiger partial charge in [0.2, 0.25) is 0 Å². The third kappa shape index (κ3) is 3.45. The number of anilines is 1. The van der Waals surface area contributed by atoms with Crippen molar-refractivity contribution in [2.75, 3.05) is 5.32 Å². The highest BCUT2D eigenvalue weighted by Crippen LogP contribution is 2.04. The Morgan fingerprint density at radius 2 is 2.05 bits per heavy atom. The molecule has 2 rings (SSSR count). The molecule has 98 valence electrons. The summed E-state index contributed by atoms with van der Waals surface area (Å²) in [7, 11) is 0. The lowest BCUT2D eigenvalue weighted by Crippen LogP contribution is -2.15. The lowest BCUT2D eigenvalue weighted by Gasteiger charge is -2.04. The average molecular weight is 257 g/mol. The van der Waals surface area contributed by atoms with Gasteiger partial charge in [-0.3, -0.25) is 0 Å². The molecule has 0 aliphatic heterocycles. The molecule has 5 nitrogen and oxygen atoms in total. The summed E-state index contributed by atoms with van der Waals surface area (Å²) < 4.78 is 1.02. The van der Waals surface area contributed by atoms with Gasteiger partial charge in [0.05, 0.1) is 11.1 Å². The van der Waals surface area contributed by atoms with Gasteiger partial charge in [0.25, 0.3) is 0 Å². The summed E-state index contributed by atoms with van der Waals surface area (Å²) in [6.45, 7) is 1.91. The van der Waals surface area contributed by atoms with Crippen molar-refractivity contribution >= 4 is 11.7 Å². The van der Waals surface area contributed by atoms with Gasteiger partial charge in [0.1, 0.15) is 0 Å². The van der Waals surface area contributed by atoms with Crippen LogP contribution in [-0.4, -0.2) is 16.0 Å². The number of carbonyl (C=O) groups is 1. The van der Waals surface area contributed by atoms with Crippen molar-refractivity contribution in [3.8, 4) is 0 Å². The minimum Gasteiger partial charge on any atom is -0.429 e. The van der Waals surface area contributed by atoms with E-state index in [0.717, 1.165) is 4.73 Å². The highest BCUT2D eigenvalue weighted by atomic mass is 16.5. The van der Waals surface area contributed by atoms with E-state index in [-0.39, 0.29) is 0 Å². The first-order valence-electron chi connectivity index (χ1n) is 6.00. The van der Waals surface area contributed by atoms with Gasteiger partial charge in [-0.2, -0.15) is 9.72 Å². The Bertz CT molecular complexity index is 633. The molecule has 0 fully saturated rings. The van der Waals surface area contributed by atoms with E-state index in [0.29, 0.717) is 23.2 Å². The summed E-state index contributed by atoms with van der Waals surface area (Å²) in [5.74, 6) is 0. The fourth-order valence-electron chi connectivity index (χ4n) is 1.65. The molecular weight excluding hydrogens is 242 g/mol. The van der Waals surface area contributed by atoms with Crippen LogP contribution in [0, 0.1) is 0 Å². The molecule has 1 aromatic carbocycles. The van der Waals surface area contributed by atoms with Crippen molar-refractivity contribution in [1.82, 2.24) is 4.73 Å². The van der Waals surface area contributed by atoms with Crippen LogP contribution in [0.15, 0.2) is 53.7 Å². The van der Waals surface area contributed by atoms with Crippen molar-refractivity contribution in [1.29, 1.82) is 0 Å². The van der Waals surface area contributed by atoms with E-state index in [9.17, 15) is 10.0 Å². The Hall–Kier alpha value is -2.56. The molecule has 0 saturated heterocycles. The lowest BCUT2D eigenvalue weighted by molar-refractivity contribution is 0.175. The van der Waals surface area contributed by atoms with Crippen LogP contribution in [-0.2, 0) is 6.42 Å². The van der Waals surface area contributed by atoms with E-state index in [4.69, 9.17) is 0 Å². The fraction of sp³-hybridized carbons (Fsp3) is 0.143. The number of aromatic nitrogens is 1. The summed E-state index contributed by atoms with van der Waals surface area (Å²) in [6, 6.07) is 11.9. The van der Waals surface area contributed by atoms with Crippen molar-refractivity contribution in [3.05, 3.63) is 59.7 Å². The van der Waals surface area contributed by atoms with Crippen molar-refractivity contribution in [2.24, 2.45) is 4.99 Å². The Balaban J connectivity index is 2.19. The molecule has 0 bridgehead atoms. The molecule has 1 heterocycles. The topological polar surface area (TPSA) is 66.6 Å². The molecule has 2 aromatic rings. The van der Waals surface area contributed by atoms with E-state index in [1.165, 1.54) is 6.20 Å². The number of rotatable bonds is 2. The first-order valence-corrected chi connectivity index (χ1v) is 6.00. The monoisotopic (exact) mass is 257 g/mol. The molecule has 19 heavy (non-hydrogen) atoms. The number of benzene rings is 1. The maximum Gasteiger partial charge on any atom is 0.345 e. The van der Waals surface area contributed by atoms with Crippen LogP contribution in [0.5, 0.6) is 0 Å². The third-order valence-corrected chi connectivity index (χ3v) is 2.61. The normalized spacial score (nSPS) is 11.3. The van der Waals surface area contributed by atoms with Gasteiger partial charge in [-0.25, -0.2) is 4.79 Å². The van der Waals surface area contributed by atoms with Crippen LogP contribution >= 0.6 is 0 Å². The Kier molecular flexibility index (Phi) is 3.97. The number of hydrogen-bond acceptors (Lipinski definition) is 2. The second-order valence-corrected chi connectivity index (χ2v) is 3.98. The Labute approximate surface area is 110 Å². The predicted molar refractivity (Wildman–Crippen MR) is 72.0 cm³/mol. The van der Waals surface area contributed by atoms with E-state index in [1.807, 2.05) is 25.1 Å². The SMILES string of the molecule is CCc1c/c(=N/C(=O)Nc2ccccc2)ccn1O. The zero-order chi connectivity index (χ0) is 13.7. The lowest BCUT2D eigenvalue weighted by atomic mass is 10.3. The average Bonchev–Trinajstić information content (AvgIpc) is 2.42. The first-order chi connectivity index (χ1) is 9.19. The summed E-state index contributed by atoms with van der Waals surface area (Å²) >= 11 is 0. The molecule has 5 heteroatoms. The van der Waals surface area contributed by atoms with Gasteiger partial charge in [-0.1, -0.05) is 25.1 Å². The smallest absolute Gasteiger partial charge is 0.345 e. The van der Waals surface area contributed by atoms with E-state index >= 15 is 0 Å². The number of pyridine rings is 1. The van der Waals surface area contributed by atoms with Crippen molar-refractivity contribution < 1.29 is 10.0 Å². The molecule has 0 saturated carbocycles. The molecule has 0 unspecified atom stereocenters. The summed E-state index contributed by atoms with van der Waals surface area (Å²) in [4.78, 5) is 15.6. The number of nitrogens with zero attached hydrogens (tertiary/aromatic N) is 2. The quantitative estimate of drug-likeness (QED) is 0.811. The number of para-hydroxylation sites is 1. The molecule has 0 radical (unpaired) electrons. The van der Waals surface area contributed by atoms with Crippen molar-refractivity contribution in [3.63, 3.8) is 0 Å². The van der Waals surface area contributed by atoms with Crippen LogP contribution in [0.25, 0.3) is 0 Å². The molecule has 2 N–H and O–H groups in total. The molecule has 0 aliphatic rings. The van der Waals surface area contributed by atoms with Crippen LogP contribution < -0.4 is 10.7 Å². The molecule has 0 spiro atoms. The van der Waals surface area contributed by atoms with Crippen LogP contribution in [0.1, 0.15) is 12.6 Å². The van der Waals surface area contributed by atoms with E-state index in [2.05, 4.69) is 10.3 Å². The largest absolute Gasteiger partial charge is 0.429 e. The number of amides is 2. The predicted octanol–water partition coefficient (Wildman–Crippen LogP) is 2.42. The third-order valence-electron chi connectivity index (χ3n) is 2.61. The van der Waals surface area contributed by atoms with Gasteiger partial charge >= 0.3 is 6.03 Å².